The van der Waals surface area contributed by atoms with Crippen LogP contribution < -0.4 is 11.1 Å². The van der Waals surface area contributed by atoms with E-state index >= 15 is 0 Å². The number of amides is 1. The first-order chi connectivity index (χ1) is 11.1. The van der Waals surface area contributed by atoms with Crippen molar-refractivity contribution < 1.29 is 13.9 Å². The number of halogens is 2. The van der Waals surface area contributed by atoms with Crippen molar-refractivity contribution in [3.05, 3.63) is 46.7 Å². The van der Waals surface area contributed by atoms with Gasteiger partial charge in [0.25, 0.3) is 5.91 Å². The Morgan fingerprint density at radius 3 is 2.79 bits per heavy atom. The number of anilines is 1. The van der Waals surface area contributed by atoms with Crippen molar-refractivity contribution in [3.8, 4) is 0 Å². The quantitative estimate of drug-likeness (QED) is 0.847. The number of thiazole rings is 1. The molecular formula is C16H19ClFN3O2S. The fraction of sp³-hybridized carbons (Fsp3) is 0.375. The van der Waals surface area contributed by atoms with Crippen molar-refractivity contribution in [2.24, 2.45) is 5.73 Å². The first-order valence-electron chi connectivity index (χ1n) is 7.49. The van der Waals surface area contributed by atoms with Crippen LogP contribution in [0, 0.1) is 5.82 Å². The summed E-state index contributed by atoms with van der Waals surface area (Å²) >= 11 is 1.41. The average molecular weight is 372 g/mol. The highest BCUT2D eigenvalue weighted by atomic mass is 35.5. The lowest BCUT2D eigenvalue weighted by molar-refractivity contribution is -0.126. The topological polar surface area (TPSA) is 77.2 Å². The van der Waals surface area contributed by atoms with Crippen LogP contribution in [0.4, 0.5) is 9.52 Å². The van der Waals surface area contributed by atoms with Crippen molar-refractivity contribution in [3.63, 3.8) is 0 Å². The van der Waals surface area contributed by atoms with Gasteiger partial charge in [0.15, 0.2) is 5.13 Å². The number of ether oxygens (including phenoxy) is 1. The van der Waals surface area contributed by atoms with Crippen LogP contribution in [0.2, 0.25) is 0 Å². The predicted molar refractivity (Wildman–Crippen MR) is 94.1 cm³/mol. The van der Waals surface area contributed by atoms with Crippen molar-refractivity contribution in [1.82, 2.24) is 4.98 Å². The van der Waals surface area contributed by atoms with Crippen LogP contribution in [0.3, 0.4) is 0 Å². The summed E-state index contributed by atoms with van der Waals surface area (Å²) in [6.07, 6.45) is 3.39. The van der Waals surface area contributed by atoms with Gasteiger partial charge in [-0.2, -0.15) is 0 Å². The van der Waals surface area contributed by atoms with Crippen LogP contribution in [0.15, 0.2) is 30.5 Å². The Kier molecular flexibility index (Phi) is 6.68. The third-order valence-corrected chi connectivity index (χ3v) is 4.65. The minimum Gasteiger partial charge on any atom is -0.364 e. The van der Waals surface area contributed by atoms with E-state index in [4.69, 9.17) is 10.5 Å². The van der Waals surface area contributed by atoms with Crippen molar-refractivity contribution >= 4 is 34.8 Å². The molecule has 1 amide bonds. The predicted octanol–water partition coefficient (Wildman–Crippen LogP) is 2.74. The van der Waals surface area contributed by atoms with E-state index in [1.165, 1.54) is 23.5 Å². The summed E-state index contributed by atoms with van der Waals surface area (Å²) in [5, 5.41) is 3.33. The summed E-state index contributed by atoms with van der Waals surface area (Å²) in [5.74, 6) is -0.429. The Balaban J connectivity index is 0.00000208. The molecule has 1 aliphatic heterocycles. The van der Waals surface area contributed by atoms with Gasteiger partial charge in [-0.1, -0.05) is 12.1 Å². The van der Waals surface area contributed by atoms with Crippen LogP contribution in [0.1, 0.15) is 23.3 Å². The zero-order valence-corrected chi connectivity index (χ0v) is 14.5. The molecule has 8 heteroatoms. The number of carbonyl (C=O) groups excluding carboxylic acids is 1. The number of hydrogen-bond donors (Lipinski definition) is 2. The van der Waals surface area contributed by atoms with E-state index in [0.717, 1.165) is 16.9 Å². The van der Waals surface area contributed by atoms with Gasteiger partial charge in [0.1, 0.15) is 11.9 Å². The maximum atomic E-state index is 12.9. The molecule has 1 aromatic carbocycles. The Bertz CT molecular complexity index is 680. The highest BCUT2D eigenvalue weighted by Gasteiger charge is 2.30. The summed E-state index contributed by atoms with van der Waals surface area (Å²) in [7, 11) is 0. The molecule has 5 nitrogen and oxygen atoms in total. The normalized spacial score (nSPS) is 19.8. The molecular weight excluding hydrogens is 353 g/mol. The van der Waals surface area contributed by atoms with Gasteiger partial charge in [-0.3, -0.25) is 10.1 Å². The monoisotopic (exact) mass is 371 g/mol. The van der Waals surface area contributed by atoms with Crippen molar-refractivity contribution in [1.29, 1.82) is 0 Å². The highest BCUT2D eigenvalue weighted by molar-refractivity contribution is 7.15. The van der Waals surface area contributed by atoms with Crippen LogP contribution in [-0.2, 0) is 16.0 Å². The third kappa shape index (κ3) is 4.73. The van der Waals surface area contributed by atoms with Gasteiger partial charge in [0.2, 0.25) is 0 Å². The largest absolute Gasteiger partial charge is 0.364 e. The molecule has 2 aromatic rings. The molecule has 3 N–H and O–H groups in total. The standard InChI is InChI=1S/C16H18FN3O2S.ClH/c17-11-3-1-10(2-4-11)7-13-9-19-16(23-13)20-15(21)14-6-5-12(8-18)22-14;/h1-4,9,12,14H,5-8,18H2,(H,19,20,21);1H/t12-,14+;/m1./s1. The fourth-order valence-electron chi connectivity index (χ4n) is 2.51. The molecule has 0 spiro atoms. The summed E-state index contributed by atoms with van der Waals surface area (Å²) in [6.45, 7) is 0.433. The van der Waals surface area contributed by atoms with Gasteiger partial charge in [-0.05, 0) is 30.5 Å². The molecule has 2 heterocycles. The number of hydrogen-bond acceptors (Lipinski definition) is 5. The van der Waals surface area contributed by atoms with Crippen LogP contribution in [-0.4, -0.2) is 29.6 Å². The second-order valence-corrected chi connectivity index (χ2v) is 6.60. The first kappa shape index (κ1) is 18.8. The van der Waals surface area contributed by atoms with Gasteiger partial charge in [-0.25, -0.2) is 9.37 Å². The molecule has 0 saturated carbocycles. The van der Waals surface area contributed by atoms with Gasteiger partial charge in [-0.15, -0.1) is 23.7 Å². The number of nitrogens with one attached hydrogen (secondary N) is 1. The molecule has 1 saturated heterocycles. The maximum absolute atomic E-state index is 12.9. The molecule has 24 heavy (non-hydrogen) atoms. The molecule has 1 fully saturated rings. The third-order valence-electron chi connectivity index (χ3n) is 3.74. The second kappa shape index (κ2) is 8.53. The molecule has 0 aliphatic carbocycles. The Morgan fingerprint density at radius 2 is 2.12 bits per heavy atom. The fourth-order valence-corrected chi connectivity index (χ4v) is 3.36. The number of benzene rings is 1. The van der Waals surface area contributed by atoms with E-state index in [9.17, 15) is 9.18 Å². The zero-order valence-electron chi connectivity index (χ0n) is 12.9. The minimum atomic E-state index is -0.451. The molecule has 1 aliphatic rings. The van der Waals surface area contributed by atoms with E-state index in [-0.39, 0.29) is 30.2 Å². The van der Waals surface area contributed by atoms with Gasteiger partial charge in [0, 0.05) is 24.0 Å². The number of carbonyl (C=O) groups is 1. The van der Waals surface area contributed by atoms with E-state index in [1.807, 2.05) is 0 Å². The second-order valence-electron chi connectivity index (χ2n) is 5.48. The number of aromatic nitrogens is 1. The SMILES string of the molecule is Cl.NC[C@H]1CC[C@@H](C(=O)Nc2ncc(Cc3ccc(F)cc3)s2)O1. The molecule has 130 valence electrons. The van der Waals surface area contributed by atoms with Gasteiger partial charge in [0.05, 0.1) is 6.10 Å². The summed E-state index contributed by atoms with van der Waals surface area (Å²) in [5.41, 5.74) is 6.54. The average Bonchev–Trinajstić information content (AvgIpc) is 3.19. The van der Waals surface area contributed by atoms with Crippen LogP contribution in [0.5, 0.6) is 0 Å². The smallest absolute Gasteiger partial charge is 0.255 e. The number of nitrogens with two attached hydrogens (primary N) is 1. The van der Waals surface area contributed by atoms with Gasteiger partial charge >= 0.3 is 0 Å². The number of nitrogens with zero attached hydrogens (tertiary/aromatic N) is 1. The van der Waals surface area contributed by atoms with Crippen molar-refractivity contribution in [2.75, 3.05) is 11.9 Å². The molecule has 2 atom stereocenters. The molecule has 3 rings (SSSR count). The highest BCUT2D eigenvalue weighted by Crippen LogP contribution is 2.24. The van der Waals surface area contributed by atoms with E-state index < -0.39 is 6.10 Å². The molecule has 0 unspecified atom stereocenters. The van der Waals surface area contributed by atoms with E-state index in [1.54, 1.807) is 18.3 Å². The summed E-state index contributed by atoms with van der Waals surface area (Å²) in [4.78, 5) is 17.3. The molecule has 1 aromatic heterocycles. The molecule has 0 radical (unpaired) electrons. The van der Waals surface area contributed by atoms with Gasteiger partial charge < -0.3 is 10.5 Å². The minimum absolute atomic E-state index is 0. The first-order valence-corrected chi connectivity index (χ1v) is 8.31. The number of rotatable bonds is 5. The van der Waals surface area contributed by atoms with Crippen molar-refractivity contribution in [2.45, 2.75) is 31.5 Å². The van der Waals surface area contributed by atoms with Crippen LogP contribution in [0.25, 0.3) is 0 Å². The Hall–Kier alpha value is -1.54. The Morgan fingerprint density at radius 1 is 1.38 bits per heavy atom. The zero-order chi connectivity index (χ0) is 16.2. The Labute approximate surface area is 149 Å². The van der Waals surface area contributed by atoms with E-state index in [0.29, 0.717) is 24.5 Å². The van der Waals surface area contributed by atoms with E-state index in [2.05, 4.69) is 10.3 Å². The lowest BCUT2D eigenvalue weighted by atomic mass is 10.1. The lowest BCUT2D eigenvalue weighted by Gasteiger charge is -2.11. The van der Waals surface area contributed by atoms with Crippen LogP contribution >= 0.6 is 23.7 Å². The lowest BCUT2D eigenvalue weighted by Crippen LogP contribution is -2.29. The maximum Gasteiger partial charge on any atom is 0.255 e. The summed E-state index contributed by atoms with van der Waals surface area (Å²) in [6, 6.07) is 6.36. The summed E-state index contributed by atoms with van der Waals surface area (Å²) < 4.78 is 18.5. The molecule has 0 bridgehead atoms.